The smallest absolute Gasteiger partial charge is 0.246 e. The normalized spacial score (nSPS) is 16.8. The van der Waals surface area contributed by atoms with Crippen LogP contribution in [-0.2, 0) is 11.8 Å². The van der Waals surface area contributed by atoms with Gasteiger partial charge in [-0.1, -0.05) is 18.2 Å². The van der Waals surface area contributed by atoms with Gasteiger partial charge in [-0.05, 0) is 18.9 Å². The summed E-state index contributed by atoms with van der Waals surface area (Å²) >= 11 is 6.44. The number of halogens is 1. The van der Waals surface area contributed by atoms with E-state index in [1.165, 1.54) is 6.08 Å². The van der Waals surface area contributed by atoms with Gasteiger partial charge in [0.1, 0.15) is 11.5 Å². The van der Waals surface area contributed by atoms with Gasteiger partial charge in [0.25, 0.3) is 0 Å². The summed E-state index contributed by atoms with van der Waals surface area (Å²) in [7, 11) is 3.66. The van der Waals surface area contributed by atoms with Gasteiger partial charge in [0.15, 0.2) is 0 Å². The SMILES string of the molecule is C=CC(=O)N(C)[C@@H]1CCCN(c2nc(Nc3cnn(C)c3)nc3[nH]cc(Cl)c23)C1. The van der Waals surface area contributed by atoms with Crippen LogP contribution >= 0.6 is 11.6 Å². The third-order valence-electron chi connectivity index (χ3n) is 5.19. The third kappa shape index (κ3) is 3.77. The van der Waals surface area contributed by atoms with Crippen LogP contribution in [0.1, 0.15) is 12.8 Å². The number of aryl methyl sites for hydroxylation is 1. The number of anilines is 3. The molecular formula is C19H23ClN8O. The molecule has 0 bridgehead atoms. The van der Waals surface area contributed by atoms with Gasteiger partial charge in [-0.25, -0.2) is 0 Å². The molecule has 152 valence electrons. The van der Waals surface area contributed by atoms with Crippen LogP contribution < -0.4 is 10.2 Å². The molecule has 1 amide bonds. The minimum Gasteiger partial charge on any atom is -0.354 e. The second-order valence-electron chi connectivity index (χ2n) is 7.15. The van der Waals surface area contributed by atoms with Crippen LogP contribution in [0.4, 0.5) is 17.5 Å². The number of nitrogens with one attached hydrogen (secondary N) is 2. The number of fused-ring (bicyclic) bond motifs is 1. The topological polar surface area (TPSA) is 95.0 Å². The fraction of sp³-hybridized carbons (Fsp3) is 0.368. The minimum absolute atomic E-state index is 0.0757. The molecule has 4 rings (SSSR count). The highest BCUT2D eigenvalue weighted by Gasteiger charge is 2.28. The predicted molar refractivity (Wildman–Crippen MR) is 114 cm³/mol. The van der Waals surface area contributed by atoms with Crippen molar-refractivity contribution in [3.05, 3.63) is 36.3 Å². The zero-order chi connectivity index (χ0) is 20.5. The number of aromatic nitrogens is 5. The molecule has 1 aliphatic heterocycles. The summed E-state index contributed by atoms with van der Waals surface area (Å²) in [5, 5.41) is 8.70. The molecule has 3 aromatic rings. The lowest BCUT2D eigenvalue weighted by atomic mass is 10.0. The van der Waals surface area contributed by atoms with E-state index in [0.717, 1.165) is 36.3 Å². The van der Waals surface area contributed by atoms with Crippen molar-refractivity contribution < 1.29 is 4.79 Å². The van der Waals surface area contributed by atoms with Crippen LogP contribution in [0.2, 0.25) is 5.02 Å². The monoisotopic (exact) mass is 414 g/mol. The van der Waals surface area contributed by atoms with E-state index in [2.05, 4.69) is 31.9 Å². The molecule has 0 spiro atoms. The Morgan fingerprint density at radius 2 is 2.31 bits per heavy atom. The molecule has 0 aromatic carbocycles. The van der Waals surface area contributed by atoms with Crippen molar-refractivity contribution in [1.29, 1.82) is 0 Å². The number of carbonyl (C=O) groups is 1. The van der Waals surface area contributed by atoms with Gasteiger partial charge in [-0.15, -0.1) is 0 Å². The van der Waals surface area contributed by atoms with Crippen molar-refractivity contribution >= 4 is 46.0 Å². The highest BCUT2D eigenvalue weighted by Crippen LogP contribution is 2.33. The number of piperidine rings is 1. The van der Waals surface area contributed by atoms with E-state index in [4.69, 9.17) is 16.6 Å². The summed E-state index contributed by atoms with van der Waals surface area (Å²) < 4.78 is 1.70. The molecule has 2 N–H and O–H groups in total. The van der Waals surface area contributed by atoms with Crippen LogP contribution in [0.3, 0.4) is 0 Å². The summed E-state index contributed by atoms with van der Waals surface area (Å²) in [5.74, 6) is 1.12. The third-order valence-corrected chi connectivity index (χ3v) is 5.49. The number of likely N-dealkylation sites (N-methyl/N-ethyl adjacent to an activating group) is 1. The fourth-order valence-corrected chi connectivity index (χ4v) is 3.89. The lowest BCUT2D eigenvalue weighted by Gasteiger charge is -2.38. The Kier molecular flexibility index (Phi) is 5.14. The second-order valence-corrected chi connectivity index (χ2v) is 7.56. The largest absolute Gasteiger partial charge is 0.354 e. The van der Waals surface area contributed by atoms with Gasteiger partial charge in [0, 0.05) is 45.6 Å². The average molecular weight is 415 g/mol. The molecule has 0 saturated carbocycles. The van der Waals surface area contributed by atoms with Crippen molar-refractivity contribution in [3.8, 4) is 0 Å². The molecule has 3 aromatic heterocycles. The number of amides is 1. The molecule has 1 saturated heterocycles. The molecule has 0 radical (unpaired) electrons. The maximum atomic E-state index is 12.1. The first-order valence-corrected chi connectivity index (χ1v) is 9.78. The van der Waals surface area contributed by atoms with Gasteiger partial charge in [-0.3, -0.25) is 9.48 Å². The van der Waals surface area contributed by atoms with E-state index in [1.54, 1.807) is 22.0 Å². The molecule has 29 heavy (non-hydrogen) atoms. The Morgan fingerprint density at radius 3 is 3.03 bits per heavy atom. The Balaban J connectivity index is 1.68. The van der Waals surface area contributed by atoms with Gasteiger partial charge in [0.2, 0.25) is 11.9 Å². The van der Waals surface area contributed by atoms with Crippen LogP contribution in [0.25, 0.3) is 11.0 Å². The van der Waals surface area contributed by atoms with Crippen molar-refractivity contribution in [3.63, 3.8) is 0 Å². The first kappa shape index (κ1) is 19.3. The number of carbonyl (C=O) groups excluding carboxylic acids is 1. The quantitative estimate of drug-likeness (QED) is 0.623. The first-order valence-electron chi connectivity index (χ1n) is 9.40. The number of H-pyrrole nitrogens is 1. The highest BCUT2D eigenvalue weighted by atomic mass is 35.5. The van der Waals surface area contributed by atoms with Gasteiger partial charge < -0.3 is 20.1 Å². The zero-order valence-corrected chi connectivity index (χ0v) is 17.1. The number of hydrogen-bond acceptors (Lipinski definition) is 6. The lowest BCUT2D eigenvalue weighted by molar-refractivity contribution is -0.126. The Morgan fingerprint density at radius 1 is 1.48 bits per heavy atom. The lowest BCUT2D eigenvalue weighted by Crippen LogP contribution is -2.48. The molecule has 1 fully saturated rings. The Bertz CT molecular complexity index is 1060. The van der Waals surface area contributed by atoms with E-state index < -0.39 is 0 Å². The van der Waals surface area contributed by atoms with Gasteiger partial charge in [-0.2, -0.15) is 15.1 Å². The number of rotatable bonds is 5. The Labute approximate surface area is 173 Å². The zero-order valence-electron chi connectivity index (χ0n) is 16.4. The molecule has 1 aliphatic rings. The number of nitrogens with zero attached hydrogens (tertiary/aromatic N) is 6. The maximum absolute atomic E-state index is 12.1. The van der Waals surface area contributed by atoms with Crippen LogP contribution in [0.5, 0.6) is 0 Å². The predicted octanol–water partition coefficient (Wildman–Crippen LogP) is 2.70. The van der Waals surface area contributed by atoms with Crippen LogP contribution in [-0.4, -0.2) is 61.7 Å². The maximum Gasteiger partial charge on any atom is 0.246 e. The van der Waals surface area contributed by atoms with E-state index in [0.29, 0.717) is 23.2 Å². The number of aromatic amines is 1. The molecule has 10 heteroatoms. The van der Waals surface area contributed by atoms with Crippen molar-refractivity contribution in [2.75, 3.05) is 30.4 Å². The highest BCUT2D eigenvalue weighted by molar-refractivity contribution is 6.36. The average Bonchev–Trinajstić information content (AvgIpc) is 3.31. The van der Waals surface area contributed by atoms with Crippen molar-refractivity contribution in [1.82, 2.24) is 29.6 Å². The van der Waals surface area contributed by atoms with Crippen molar-refractivity contribution in [2.45, 2.75) is 18.9 Å². The van der Waals surface area contributed by atoms with E-state index in [9.17, 15) is 4.79 Å². The number of hydrogen-bond donors (Lipinski definition) is 2. The van der Waals surface area contributed by atoms with Crippen LogP contribution in [0, 0.1) is 0 Å². The minimum atomic E-state index is -0.0803. The van der Waals surface area contributed by atoms with E-state index in [1.807, 2.05) is 20.3 Å². The van der Waals surface area contributed by atoms with Crippen LogP contribution in [0.15, 0.2) is 31.2 Å². The molecule has 4 heterocycles. The summed E-state index contributed by atoms with van der Waals surface area (Å²) in [4.78, 5) is 28.4. The molecule has 0 aliphatic carbocycles. The van der Waals surface area contributed by atoms with E-state index >= 15 is 0 Å². The summed E-state index contributed by atoms with van der Waals surface area (Å²) in [5.41, 5.74) is 1.45. The first-order chi connectivity index (χ1) is 14.0. The molecule has 0 unspecified atom stereocenters. The Hall–Kier alpha value is -3.07. The molecule has 9 nitrogen and oxygen atoms in total. The van der Waals surface area contributed by atoms with Crippen molar-refractivity contribution in [2.24, 2.45) is 7.05 Å². The van der Waals surface area contributed by atoms with Gasteiger partial charge >= 0.3 is 0 Å². The molecule has 1 atom stereocenters. The standard InChI is InChI=1S/C19H23ClN8O/c1-4-15(29)27(3)13-6-5-7-28(11-13)18-16-14(20)9-21-17(16)24-19(25-18)23-12-8-22-26(2)10-12/h4,8-10,13H,1,5-7,11H2,2-3H3,(H2,21,23,24,25)/t13-/m1/s1. The second kappa shape index (κ2) is 7.75. The van der Waals surface area contributed by atoms with Gasteiger partial charge in [0.05, 0.1) is 22.3 Å². The summed E-state index contributed by atoms with van der Waals surface area (Å²) in [6.45, 7) is 5.08. The fourth-order valence-electron chi connectivity index (χ4n) is 3.66. The summed E-state index contributed by atoms with van der Waals surface area (Å²) in [6.07, 6.45) is 8.50. The summed E-state index contributed by atoms with van der Waals surface area (Å²) in [6, 6.07) is 0.0757. The van der Waals surface area contributed by atoms with E-state index in [-0.39, 0.29) is 11.9 Å². The molecular weight excluding hydrogens is 392 g/mol.